The summed E-state index contributed by atoms with van der Waals surface area (Å²) in [4.78, 5) is 8.88. The molecule has 0 bridgehead atoms. The number of benzene rings is 5. The van der Waals surface area contributed by atoms with Crippen LogP contribution in [-0.2, 0) is 20.1 Å². The molecule has 0 radical (unpaired) electrons. The number of nitrogens with zero attached hydrogens (tertiary/aromatic N) is 4. The second-order valence-electron chi connectivity index (χ2n) is 11.1. The molecule has 5 heteroatoms. The number of rotatable bonds is 3. The van der Waals surface area contributed by atoms with Crippen molar-refractivity contribution in [2.75, 3.05) is 9.80 Å². The Morgan fingerprint density at radius 3 is 2.09 bits per heavy atom. The van der Waals surface area contributed by atoms with Crippen molar-refractivity contribution in [2.24, 2.45) is 0 Å². The van der Waals surface area contributed by atoms with Crippen LogP contribution in [-0.4, -0.2) is 15.4 Å². The Hall–Kier alpha value is -4.70. The maximum absolute atomic E-state index is 4.22. The molecule has 0 unspecified atom stereocenters. The van der Waals surface area contributed by atoms with E-state index in [0.29, 0.717) is 6.04 Å². The molecule has 0 saturated heterocycles. The van der Waals surface area contributed by atoms with Crippen molar-refractivity contribution in [1.29, 1.82) is 0 Å². The van der Waals surface area contributed by atoms with Gasteiger partial charge in [0.2, 0.25) is 0 Å². The molecule has 0 amide bonds. The molecule has 1 aliphatic rings. The van der Waals surface area contributed by atoms with E-state index < -0.39 is 0 Å². The minimum atomic E-state index is 0. The Morgan fingerprint density at radius 2 is 1.36 bits per heavy atom. The predicted octanol–water partition coefficient (Wildman–Crippen LogP) is 9.67. The summed E-state index contributed by atoms with van der Waals surface area (Å²) in [5.41, 5.74) is 9.35. The third-order valence-corrected chi connectivity index (χ3v) is 8.26. The van der Waals surface area contributed by atoms with Gasteiger partial charge in [0, 0.05) is 28.6 Å². The molecule has 5 aromatic carbocycles. The van der Waals surface area contributed by atoms with E-state index in [1.54, 1.807) is 6.20 Å². The fraction of sp³-hybridized carbons (Fsp3) is 0.0769. The zero-order valence-electron chi connectivity index (χ0n) is 24.4. The zero-order valence-corrected chi connectivity index (χ0v) is 26.8. The van der Waals surface area contributed by atoms with Crippen molar-refractivity contribution < 1.29 is 20.1 Å². The predicted molar refractivity (Wildman–Crippen MR) is 179 cm³/mol. The van der Waals surface area contributed by atoms with Gasteiger partial charge in [0.05, 0.1) is 0 Å². The smallest absolute Gasteiger partial charge is 0.499 e. The average Bonchev–Trinajstić information content (AvgIpc) is 3.73. The molecule has 3 aromatic heterocycles. The average molecular weight is 746 g/mol. The molecular formula is C39H29IrN4. The first kappa shape index (κ1) is 28.1. The first-order valence-electron chi connectivity index (χ1n) is 14.7. The van der Waals surface area contributed by atoms with E-state index in [-0.39, 0.29) is 20.1 Å². The van der Waals surface area contributed by atoms with Crippen molar-refractivity contribution in [3.05, 3.63) is 146 Å². The van der Waals surface area contributed by atoms with E-state index >= 15 is 0 Å². The van der Waals surface area contributed by atoms with Crippen molar-refractivity contribution in [3.8, 4) is 11.3 Å². The quantitative estimate of drug-likeness (QED) is 0.169. The van der Waals surface area contributed by atoms with E-state index in [9.17, 15) is 0 Å². The SMILES string of the molecule is CC(C)N1[CH-]N(c2[c-]cc3c4ccccc4n4c5ccccc5c2c34)c2ccccc21.[Ir+3].[c-]1ccccc1-c1ccccn1. The fourth-order valence-electron chi connectivity index (χ4n) is 6.36. The Bertz CT molecular complexity index is 2170. The third-order valence-electron chi connectivity index (χ3n) is 8.26. The minimum absolute atomic E-state index is 0. The van der Waals surface area contributed by atoms with Gasteiger partial charge < -0.3 is 19.2 Å². The van der Waals surface area contributed by atoms with Crippen LogP contribution >= 0.6 is 0 Å². The van der Waals surface area contributed by atoms with Crippen LogP contribution in [0.3, 0.4) is 0 Å². The molecule has 0 saturated carbocycles. The first-order chi connectivity index (χ1) is 21.2. The molecule has 8 aromatic rings. The van der Waals surface area contributed by atoms with Crippen LogP contribution in [0.15, 0.2) is 128 Å². The first-order valence-corrected chi connectivity index (χ1v) is 14.7. The van der Waals surface area contributed by atoms with Gasteiger partial charge in [-0.3, -0.25) is 0 Å². The number of aromatic nitrogens is 2. The number of hydrogen-bond donors (Lipinski definition) is 0. The molecule has 44 heavy (non-hydrogen) atoms. The summed E-state index contributed by atoms with van der Waals surface area (Å²) < 4.78 is 2.43. The molecule has 0 N–H and O–H groups in total. The summed E-state index contributed by atoms with van der Waals surface area (Å²) in [5, 5.41) is 5.08. The molecule has 0 spiro atoms. The summed E-state index contributed by atoms with van der Waals surface area (Å²) in [6, 6.07) is 49.1. The van der Waals surface area contributed by atoms with Gasteiger partial charge in [-0.2, -0.15) is 18.8 Å². The van der Waals surface area contributed by atoms with Gasteiger partial charge in [0.15, 0.2) is 0 Å². The van der Waals surface area contributed by atoms with Gasteiger partial charge in [-0.05, 0) is 72.2 Å². The van der Waals surface area contributed by atoms with Crippen molar-refractivity contribution in [2.45, 2.75) is 19.9 Å². The third kappa shape index (κ3) is 4.43. The number of hydrogen-bond acceptors (Lipinski definition) is 3. The molecule has 4 heterocycles. The normalized spacial score (nSPS) is 12.6. The molecule has 0 atom stereocenters. The van der Waals surface area contributed by atoms with Gasteiger partial charge in [0.25, 0.3) is 0 Å². The number of anilines is 3. The number of pyridine rings is 1. The topological polar surface area (TPSA) is 23.8 Å². The maximum Gasteiger partial charge on any atom is 3.00 e. The van der Waals surface area contributed by atoms with E-state index in [4.69, 9.17) is 0 Å². The summed E-state index contributed by atoms with van der Waals surface area (Å²) in [6.07, 6.45) is 1.79. The van der Waals surface area contributed by atoms with Gasteiger partial charge in [-0.15, -0.1) is 41.3 Å². The van der Waals surface area contributed by atoms with Crippen molar-refractivity contribution in [1.82, 2.24) is 9.38 Å². The minimum Gasteiger partial charge on any atom is -0.499 e. The number of fused-ring (bicyclic) bond motifs is 7. The largest absolute Gasteiger partial charge is 3.00 e. The van der Waals surface area contributed by atoms with Crippen LogP contribution in [0, 0.1) is 18.8 Å². The Morgan fingerprint density at radius 1 is 0.682 bits per heavy atom. The van der Waals surface area contributed by atoms with E-state index in [1.165, 1.54) is 49.5 Å². The maximum atomic E-state index is 4.22. The molecular weight excluding hydrogens is 717 g/mol. The molecule has 1 aliphatic heterocycles. The summed E-state index contributed by atoms with van der Waals surface area (Å²) in [6.45, 7) is 6.70. The molecule has 214 valence electrons. The van der Waals surface area contributed by atoms with Crippen LogP contribution in [0.4, 0.5) is 17.1 Å². The van der Waals surface area contributed by atoms with Crippen LogP contribution in [0.25, 0.3) is 49.4 Å². The fourth-order valence-corrected chi connectivity index (χ4v) is 6.36. The Kier molecular flexibility index (Phi) is 7.29. The van der Waals surface area contributed by atoms with Crippen LogP contribution in [0.1, 0.15) is 13.8 Å². The van der Waals surface area contributed by atoms with E-state index in [2.05, 4.69) is 131 Å². The van der Waals surface area contributed by atoms with Gasteiger partial charge >= 0.3 is 20.1 Å². The standard InChI is InChI=1S/C28H21N3.C11H8N.Ir/c1-18(2)29-17-30(25-14-8-7-13-24(25)29)26-16-15-20-19-9-3-5-11-22(19)31-23-12-6-4-10-21(23)27(26)28(20)31;1-2-6-10(7-3-1)11-8-4-5-9-12-11;/h3-15,17-18H,1-2H3;1-6,8-9H;/q-2;-1;+3. The van der Waals surface area contributed by atoms with E-state index in [0.717, 1.165) is 16.9 Å². The molecule has 0 aliphatic carbocycles. The summed E-state index contributed by atoms with van der Waals surface area (Å²) >= 11 is 0. The molecule has 9 rings (SSSR count). The zero-order chi connectivity index (χ0) is 28.9. The van der Waals surface area contributed by atoms with Crippen LogP contribution < -0.4 is 9.80 Å². The summed E-state index contributed by atoms with van der Waals surface area (Å²) in [5.74, 6) is 0. The monoisotopic (exact) mass is 746 g/mol. The molecule has 0 fully saturated rings. The van der Waals surface area contributed by atoms with Gasteiger partial charge in [-0.1, -0.05) is 71.7 Å². The molecule has 4 nitrogen and oxygen atoms in total. The second kappa shape index (κ2) is 11.4. The Labute approximate surface area is 270 Å². The van der Waals surface area contributed by atoms with Gasteiger partial charge in [-0.25, -0.2) is 0 Å². The van der Waals surface area contributed by atoms with E-state index in [1.807, 2.05) is 42.5 Å². The van der Waals surface area contributed by atoms with Crippen LogP contribution in [0.5, 0.6) is 0 Å². The van der Waals surface area contributed by atoms with Gasteiger partial charge in [0.1, 0.15) is 0 Å². The second-order valence-corrected chi connectivity index (χ2v) is 11.1. The van der Waals surface area contributed by atoms with Crippen molar-refractivity contribution in [3.63, 3.8) is 0 Å². The van der Waals surface area contributed by atoms with Crippen LogP contribution in [0.2, 0.25) is 0 Å². The van der Waals surface area contributed by atoms with Crippen molar-refractivity contribution >= 4 is 55.2 Å². The Balaban J connectivity index is 0.000000203. The number of para-hydroxylation sites is 4. The summed E-state index contributed by atoms with van der Waals surface area (Å²) in [7, 11) is 0.